The van der Waals surface area contributed by atoms with Crippen LogP contribution in [0.2, 0.25) is 0 Å². The molecule has 0 aliphatic rings. The van der Waals surface area contributed by atoms with Gasteiger partial charge in [0.05, 0.1) is 21.3 Å². The molecule has 0 spiro atoms. The first-order valence-electron chi connectivity index (χ1n) is 7.74. The van der Waals surface area contributed by atoms with Gasteiger partial charge in [-0.15, -0.1) is 0 Å². The Morgan fingerprint density at radius 3 is 2.29 bits per heavy atom. The van der Waals surface area contributed by atoms with E-state index < -0.39 is 18.0 Å². The number of hydrogen-bond donors (Lipinski definition) is 2. The molecular formula is C17H26N2O5. The average molecular weight is 338 g/mol. The molecule has 0 heterocycles. The van der Waals surface area contributed by atoms with E-state index in [9.17, 15) is 9.59 Å². The van der Waals surface area contributed by atoms with Crippen molar-refractivity contribution < 1.29 is 23.8 Å². The number of amides is 2. The van der Waals surface area contributed by atoms with Gasteiger partial charge in [0.2, 0.25) is 0 Å². The molecule has 0 aliphatic heterocycles. The largest absolute Gasteiger partial charge is 0.493 e. The van der Waals surface area contributed by atoms with Crippen LogP contribution in [0.1, 0.15) is 25.8 Å². The minimum Gasteiger partial charge on any atom is -0.493 e. The summed E-state index contributed by atoms with van der Waals surface area (Å²) >= 11 is 0. The average Bonchev–Trinajstić information content (AvgIpc) is 2.57. The van der Waals surface area contributed by atoms with Crippen LogP contribution in [0.25, 0.3) is 0 Å². The molecule has 0 fully saturated rings. The summed E-state index contributed by atoms with van der Waals surface area (Å²) in [5, 5.41) is 5.36. The van der Waals surface area contributed by atoms with Crippen LogP contribution in [-0.2, 0) is 16.1 Å². The van der Waals surface area contributed by atoms with Gasteiger partial charge in [0.1, 0.15) is 6.04 Å². The molecular weight excluding hydrogens is 312 g/mol. The quantitative estimate of drug-likeness (QED) is 0.709. The summed E-state index contributed by atoms with van der Waals surface area (Å²) < 4.78 is 15.1. The van der Waals surface area contributed by atoms with Crippen LogP contribution in [0.5, 0.6) is 11.5 Å². The zero-order chi connectivity index (χ0) is 18.1. The van der Waals surface area contributed by atoms with Gasteiger partial charge in [-0.05, 0) is 30.0 Å². The van der Waals surface area contributed by atoms with Crippen LogP contribution in [-0.4, -0.2) is 39.4 Å². The van der Waals surface area contributed by atoms with E-state index in [0.717, 1.165) is 5.56 Å². The second-order valence-corrected chi connectivity index (χ2v) is 5.72. The van der Waals surface area contributed by atoms with E-state index in [0.29, 0.717) is 24.5 Å². The summed E-state index contributed by atoms with van der Waals surface area (Å²) in [6, 6.07) is 4.28. The number of rotatable bonds is 8. The fourth-order valence-corrected chi connectivity index (χ4v) is 2.21. The van der Waals surface area contributed by atoms with Gasteiger partial charge in [-0.3, -0.25) is 0 Å². The molecule has 0 aromatic heterocycles. The molecule has 0 radical (unpaired) electrons. The molecule has 1 aromatic carbocycles. The van der Waals surface area contributed by atoms with E-state index >= 15 is 0 Å². The third-order valence-electron chi connectivity index (χ3n) is 3.40. The Bertz CT molecular complexity index is 560. The molecule has 7 nitrogen and oxygen atoms in total. The summed E-state index contributed by atoms with van der Waals surface area (Å²) in [6.45, 7) is 4.24. The van der Waals surface area contributed by atoms with E-state index in [-0.39, 0.29) is 5.92 Å². The highest BCUT2D eigenvalue weighted by Crippen LogP contribution is 2.27. The van der Waals surface area contributed by atoms with E-state index in [4.69, 9.17) is 14.2 Å². The standard InChI is InChI=1S/C17H26N2O5/c1-11(2)8-13(16(20)24-5)19-17(21)18-10-12-6-7-14(22-3)15(9-12)23-4/h6-7,9,11,13H,8,10H2,1-5H3,(H2,18,19,21)/t13-/m1/s1. The predicted octanol–water partition coefficient (Wildman–Crippen LogP) is 2.09. The number of nitrogens with one attached hydrogen (secondary N) is 2. The maximum Gasteiger partial charge on any atom is 0.328 e. The fourth-order valence-electron chi connectivity index (χ4n) is 2.21. The van der Waals surface area contributed by atoms with Gasteiger partial charge in [-0.2, -0.15) is 0 Å². The van der Waals surface area contributed by atoms with Gasteiger partial charge in [0, 0.05) is 6.54 Å². The highest BCUT2D eigenvalue weighted by Gasteiger charge is 2.22. The van der Waals surface area contributed by atoms with Crippen LogP contribution in [0.4, 0.5) is 4.79 Å². The van der Waals surface area contributed by atoms with Crippen LogP contribution < -0.4 is 20.1 Å². The Labute approximate surface area is 142 Å². The van der Waals surface area contributed by atoms with Crippen molar-refractivity contribution in [3.05, 3.63) is 23.8 Å². The Morgan fingerprint density at radius 2 is 1.75 bits per heavy atom. The molecule has 0 saturated heterocycles. The lowest BCUT2D eigenvalue weighted by atomic mass is 10.0. The topological polar surface area (TPSA) is 85.9 Å². The maximum absolute atomic E-state index is 12.0. The molecule has 2 amide bonds. The first kappa shape index (κ1) is 19.6. The number of carbonyl (C=O) groups is 2. The van der Waals surface area contributed by atoms with E-state index in [1.807, 2.05) is 19.9 Å². The molecule has 1 atom stereocenters. The zero-order valence-electron chi connectivity index (χ0n) is 14.8. The Hall–Kier alpha value is -2.44. The molecule has 1 rings (SSSR count). The maximum atomic E-state index is 12.0. The first-order valence-corrected chi connectivity index (χ1v) is 7.74. The monoisotopic (exact) mass is 338 g/mol. The summed E-state index contributed by atoms with van der Waals surface area (Å²) in [7, 11) is 4.42. The molecule has 2 N–H and O–H groups in total. The molecule has 24 heavy (non-hydrogen) atoms. The summed E-state index contributed by atoms with van der Waals surface area (Å²) in [5.41, 5.74) is 0.848. The third kappa shape index (κ3) is 5.98. The Balaban J connectivity index is 2.62. The van der Waals surface area contributed by atoms with Gasteiger partial charge in [-0.1, -0.05) is 19.9 Å². The Kier molecular flexibility index (Phi) is 7.88. The number of methoxy groups -OCH3 is 3. The SMILES string of the molecule is COC(=O)[C@@H](CC(C)C)NC(=O)NCc1ccc(OC)c(OC)c1. The van der Waals surface area contributed by atoms with Crippen molar-refractivity contribution in [3.63, 3.8) is 0 Å². The van der Waals surface area contributed by atoms with Crippen molar-refractivity contribution in [3.8, 4) is 11.5 Å². The van der Waals surface area contributed by atoms with Gasteiger partial charge in [0.25, 0.3) is 0 Å². The molecule has 134 valence electrons. The lowest BCUT2D eigenvalue weighted by Crippen LogP contribution is -2.46. The molecule has 7 heteroatoms. The van der Waals surface area contributed by atoms with Crippen molar-refractivity contribution in [1.82, 2.24) is 10.6 Å². The number of esters is 1. The van der Waals surface area contributed by atoms with Crippen molar-refractivity contribution in [2.24, 2.45) is 5.92 Å². The second-order valence-electron chi connectivity index (χ2n) is 5.72. The van der Waals surface area contributed by atoms with Gasteiger partial charge in [-0.25, -0.2) is 9.59 Å². The first-order chi connectivity index (χ1) is 11.4. The highest BCUT2D eigenvalue weighted by molar-refractivity contribution is 5.83. The fraction of sp³-hybridized carbons (Fsp3) is 0.529. The van der Waals surface area contributed by atoms with E-state index in [1.54, 1.807) is 26.4 Å². The van der Waals surface area contributed by atoms with Crippen molar-refractivity contribution in [1.29, 1.82) is 0 Å². The second kappa shape index (κ2) is 9.64. The summed E-state index contributed by atoms with van der Waals surface area (Å²) in [6.07, 6.45) is 0.510. The summed E-state index contributed by atoms with van der Waals surface area (Å²) in [4.78, 5) is 23.7. The van der Waals surface area contributed by atoms with Crippen molar-refractivity contribution in [2.45, 2.75) is 32.9 Å². The Morgan fingerprint density at radius 1 is 1.08 bits per heavy atom. The zero-order valence-corrected chi connectivity index (χ0v) is 14.8. The van der Waals surface area contributed by atoms with Gasteiger partial charge >= 0.3 is 12.0 Å². The van der Waals surface area contributed by atoms with E-state index in [1.165, 1.54) is 7.11 Å². The molecule has 0 unspecified atom stereocenters. The van der Waals surface area contributed by atoms with Crippen LogP contribution in [0.3, 0.4) is 0 Å². The normalized spacial score (nSPS) is 11.6. The molecule has 0 aliphatic carbocycles. The van der Waals surface area contributed by atoms with E-state index in [2.05, 4.69) is 10.6 Å². The predicted molar refractivity (Wildman–Crippen MR) is 90.2 cm³/mol. The minimum absolute atomic E-state index is 0.250. The van der Waals surface area contributed by atoms with Gasteiger partial charge in [0.15, 0.2) is 11.5 Å². The number of ether oxygens (including phenoxy) is 3. The van der Waals surface area contributed by atoms with Gasteiger partial charge < -0.3 is 24.8 Å². The molecule has 0 saturated carbocycles. The molecule has 0 bridgehead atoms. The van der Waals surface area contributed by atoms with Crippen LogP contribution >= 0.6 is 0 Å². The van der Waals surface area contributed by atoms with Crippen LogP contribution in [0, 0.1) is 5.92 Å². The third-order valence-corrected chi connectivity index (χ3v) is 3.40. The van der Waals surface area contributed by atoms with Crippen molar-refractivity contribution in [2.75, 3.05) is 21.3 Å². The number of urea groups is 1. The minimum atomic E-state index is -0.666. The van der Waals surface area contributed by atoms with Crippen molar-refractivity contribution >= 4 is 12.0 Å². The number of carbonyl (C=O) groups excluding carboxylic acids is 2. The highest BCUT2D eigenvalue weighted by atomic mass is 16.5. The lowest BCUT2D eigenvalue weighted by molar-refractivity contribution is -0.143. The number of hydrogen-bond acceptors (Lipinski definition) is 5. The van der Waals surface area contributed by atoms with Crippen LogP contribution in [0.15, 0.2) is 18.2 Å². The lowest BCUT2D eigenvalue weighted by Gasteiger charge is -2.18. The smallest absolute Gasteiger partial charge is 0.328 e. The summed E-state index contributed by atoms with van der Waals surface area (Å²) in [5.74, 6) is 1.00. The number of benzene rings is 1. The molecule has 1 aromatic rings.